The lowest BCUT2D eigenvalue weighted by atomic mass is 10.1. The Labute approximate surface area is 111 Å². The van der Waals surface area contributed by atoms with Crippen LogP contribution in [-0.4, -0.2) is 95.9 Å². The van der Waals surface area contributed by atoms with Crippen molar-refractivity contribution in [1.82, 2.24) is 0 Å². The van der Waals surface area contributed by atoms with Gasteiger partial charge in [0.1, 0.15) is 0 Å². The van der Waals surface area contributed by atoms with Crippen molar-refractivity contribution in [2.45, 2.75) is 18.3 Å². The minimum atomic E-state index is -1.47. The summed E-state index contributed by atoms with van der Waals surface area (Å²) in [5.74, 6) is 0. The molecule has 0 atom stereocenters. The molecule has 0 aromatic rings. The van der Waals surface area contributed by atoms with E-state index in [9.17, 15) is 0 Å². The van der Waals surface area contributed by atoms with E-state index in [1.54, 1.807) is 0 Å². The van der Waals surface area contributed by atoms with E-state index in [2.05, 4.69) is 0 Å². The van der Waals surface area contributed by atoms with Gasteiger partial charge in [0.2, 0.25) is 0 Å². The third-order valence-corrected chi connectivity index (χ3v) is 2.13. The van der Waals surface area contributed by atoms with E-state index in [0.29, 0.717) is 0 Å². The highest BCUT2D eigenvalue weighted by Gasteiger charge is 2.31. The van der Waals surface area contributed by atoms with E-state index in [1.165, 1.54) is 0 Å². The predicted octanol–water partition coefficient (Wildman–Crippen LogP) is -3.92. The molecular weight excluding hydrogens is 263 g/mol. The summed E-state index contributed by atoms with van der Waals surface area (Å²) in [5.41, 5.74) is 0. The number of hydrogen-bond acceptors (Lipinski definition) is 9. The molecule has 0 rings (SSSR count). The molecule has 0 saturated carbocycles. The molecule has 0 aromatic heterocycles. The van der Waals surface area contributed by atoms with Crippen molar-refractivity contribution in [2.75, 3.05) is 39.6 Å². The Kier molecular flexibility index (Phi) is 11.3. The second kappa shape index (κ2) is 11.5. The summed E-state index contributed by atoms with van der Waals surface area (Å²) in [6.07, 6.45) is -3.00. The van der Waals surface area contributed by atoms with Gasteiger partial charge in [0, 0.05) is 0 Å². The van der Waals surface area contributed by atoms with Gasteiger partial charge in [-0.25, -0.2) is 0 Å². The van der Waals surface area contributed by atoms with Crippen LogP contribution >= 0.6 is 0 Å². The average Bonchev–Trinajstić information content (AvgIpc) is 2.46. The maximum Gasteiger partial charge on any atom is 0.640 e. The van der Waals surface area contributed by atoms with Crippen molar-refractivity contribution >= 4 is 7.32 Å². The van der Waals surface area contributed by atoms with Gasteiger partial charge in [-0.1, -0.05) is 0 Å². The first-order valence-electron chi connectivity index (χ1n) is 5.76. The van der Waals surface area contributed by atoms with Crippen molar-refractivity contribution in [3.8, 4) is 0 Å². The molecule has 0 bridgehead atoms. The molecule has 0 aliphatic carbocycles. The molecule has 0 radical (unpaired) electrons. The third kappa shape index (κ3) is 7.77. The summed E-state index contributed by atoms with van der Waals surface area (Å²) in [6, 6.07) is 0. The fraction of sp³-hybridized carbons (Fsp3) is 1.00. The molecule has 10 heteroatoms. The molecule has 9 nitrogen and oxygen atoms in total. The van der Waals surface area contributed by atoms with Gasteiger partial charge in [0.15, 0.2) is 0 Å². The summed E-state index contributed by atoms with van der Waals surface area (Å²) in [6.45, 7) is -3.05. The fourth-order valence-electron chi connectivity index (χ4n) is 0.999. The van der Waals surface area contributed by atoms with Gasteiger partial charge in [0.05, 0.1) is 58.0 Å². The van der Waals surface area contributed by atoms with Gasteiger partial charge < -0.3 is 44.6 Å². The van der Waals surface area contributed by atoms with Crippen molar-refractivity contribution in [3.63, 3.8) is 0 Å². The molecule has 0 aliphatic rings. The lowest BCUT2D eigenvalue weighted by Crippen LogP contribution is -2.44. The smallest absolute Gasteiger partial charge is 0.394 e. The maximum atomic E-state index is 8.88. The standard InChI is InChI=1S/C9H21BO9/c11-1-7(2-12)17-10(18-8(3-13)4-14)19-9(5-15)6-16/h7-9,11-16H,1-6H2. The first kappa shape index (κ1) is 18.7. The van der Waals surface area contributed by atoms with Crippen LogP contribution in [0.5, 0.6) is 0 Å². The number of aliphatic hydroxyl groups excluding tert-OH is 6. The highest BCUT2D eigenvalue weighted by Crippen LogP contribution is 2.05. The summed E-state index contributed by atoms with van der Waals surface area (Å²) in [5, 5.41) is 53.3. The van der Waals surface area contributed by atoms with Crippen molar-refractivity contribution in [2.24, 2.45) is 0 Å². The maximum absolute atomic E-state index is 8.88. The second-order valence-corrected chi connectivity index (χ2v) is 3.66. The van der Waals surface area contributed by atoms with Crippen molar-refractivity contribution in [1.29, 1.82) is 0 Å². The molecule has 114 valence electrons. The minimum absolute atomic E-state index is 0.508. The Hall–Kier alpha value is -0.295. The molecule has 0 heterocycles. The fourth-order valence-corrected chi connectivity index (χ4v) is 0.999. The Bertz CT molecular complexity index is 163. The van der Waals surface area contributed by atoms with E-state index >= 15 is 0 Å². The zero-order valence-electron chi connectivity index (χ0n) is 10.5. The van der Waals surface area contributed by atoms with Gasteiger partial charge in [-0.15, -0.1) is 0 Å². The van der Waals surface area contributed by atoms with Crippen LogP contribution in [0.2, 0.25) is 0 Å². The number of aliphatic hydroxyl groups is 6. The largest absolute Gasteiger partial charge is 0.640 e. The Morgan fingerprint density at radius 3 is 0.895 bits per heavy atom. The molecule has 6 N–H and O–H groups in total. The van der Waals surface area contributed by atoms with E-state index < -0.39 is 65.3 Å². The normalized spacial score (nSPS) is 11.8. The quantitative estimate of drug-likeness (QED) is 0.198. The summed E-state index contributed by atoms with van der Waals surface area (Å²) < 4.78 is 15.1. The number of hydrogen-bond donors (Lipinski definition) is 6. The monoisotopic (exact) mass is 284 g/mol. The Balaban J connectivity index is 4.51. The van der Waals surface area contributed by atoms with Crippen LogP contribution in [0.25, 0.3) is 0 Å². The molecule has 0 aromatic carbocycles. The molecule has 19 heavy (non-hydrogen) atoms. The summed E-state index contributed by atoms with van der Waals surface area (Å²) in [4.78, 5) is 0. The predicted molar refractivity (Wildman–Crippen MR) is 62.9 cm³/mol. The minimum Gasteiger partial charge on any atom is -0.394 e. The second-order valence-electron chi connectivity index (χ2n) is 3.66. The van der Waals surface area contributed by atoms with Crippen LogP contribution in [0.4, 0.5) is 0 Å². The zero-order valence-corrected chi connectivity index (χ0v) is 10.5. The van der Waals surface area contributed by atoms with E-state index in [-0.39, 0.29) is 0 Å². The van der Waals surface area contributed by atoms with Crippen LogP contribution in [0.3, 0.4) is 0 Å². The highest BCUT2D eigenvalue weighted by molar-refractivity contribution is 6.36. The van der Waals surface area contributed by atoms with E-state index in [1.807, 2.05) is 0 Å². The van der Waals surface area contributed by atoms with Crippen LogP contribution in [0, 0.1) is 0 Å². The highest BCUT2D eigenvalue weighted by atomic mass is 16.8. The third-order valence-electron chi connectivity index (χ3n) is 2.13. The SMILES string of the molecule is OCC(CO)OB(OC(CO)CO)OC(CO)CO. The van der Waals surface area contributed by atoms with Gasteiger partial charge >= 0.3 is 7.32 Å². The molecule has 0 spiro atoms. The first-order valence-corrected chi connectivity index (χ1v) is 5.76. The van der Waals surface area contributed by atoms with Gasteiger partial charge in [-0.2, -0.15) is 0 Å². The first-order chi connectivity index (χ1) is 9.14. The average molecular weight is 284 g/mol. The molecule has 0 aliphatic heterocycles. The van der Waals surface area contributed by atoms with Crippen molar-refractivity contribution < 1.29 is 44.6 Å². The zero-order chi connectivity index (χ0) is 14.7. The van der Waals surface area contributed by atoms with Crippen LogP contribution in [0.15, 0.2) is 0 Å². The molecular formula is C9H21BO9. The Morgan fingerprint density at radius 2 is 0.737 bits per heavy atom. The molecule has 0 amide bonds. The van der Waals surface area contributed by atoms with Crippen LogP contribution in [-0.2, 0) is 14.0 Å². The van der Waals surface area contributed by atoms with Gasteiger partial charge in [0.25, 0.3) is 0 Å². The molecule has 0 unspecified atom stereocenters. The Morgan fingerprint density at radius 1 is 0.526 bits per heavy atom. The summed E-state index contributed by atoms with van der Waals surface area (Å²) in [7, 11) is -1.47. The lowest BCUT2D eigenvalue weighted by molar-refractivity contribution is -0.0570. The van der Waals surface area contributed by atoms with Crippen molar-refractivity contribution in [3.05, 3.63) is 0 Å². The number of rotatable bonds is 12. The van der Waals surface area contributed by atoms with Crippen LogP contribution in [0.1, 0.15) is 0 Å². The van der Waals surface area contributed by atoms with Crippen LogP contribution < -0.4 is 0 Å². The topological polar surface area (TPSA) is 149 Å². The van der Waals surface area contributed by atoms with Gasteiger partial charge in [-0.3, -0.25) is 0 Å². The molecule has 0 saturated heterocycles. The van der Waals surface area contributed by atoms with E-state index in [0.717, 1.165) is 0 Å². The van der Waals surface area contributed by atoms with E-state index in [4.69, 9.17) is 44.6 Å². The summed E-state index contributed by atoms with van der Waals surface area (Å²) >= 11 is 0. The lowest BCUT2D eigenvalue weighted by Gasteiger charge is -2.24. The van der Waals surface area contributed by atoms with Gasteiger partial charge in [-0.05, 0) is 0 Å². The molecule has 0 fully saturated rings.